The highest BCUT2D eigenvalue weighted by Gasteiger charge is 2.23. The first-order valence-electron chi connectivity index (χ1n) is 16.8. The lowest BCUT2D eigenvalue weighted by Crippen LogP contribution is -2.00. The van der Waals surface area contributed by atoms with Crippen LogP contribution in [0.2, 0.25) is 0 Å². The summed E-state index contributed by atoms with van der Waals surface area (Å²) in [5, 5.41) is 7.74. The summed E-state index contributed by atoms with van der Waals surface area (Å²) in [7, 11) is 0. The molecule has 10 rings (SSSR count). The van der Waals surface area contributed by atoms with Crippen LogP contribution in [0, 0.1) is 11.8 Å². The van der Waals surface area contributed by atoms with Gasteiger partial charge in [-0.15, -0.1) is 0 Å². The highest BCUT2D eigenvalue weighted by atomic mass is 14.3. The molecule has 0 radical (unpaired) electrons. The fourth-order valence-corrected chi connectivity index (χ4v) is 8.20. The van der Waals surface area contributed by atoms with E-state index >= 15 is 0 Å². The monoisotopic (exact) mass is 606 g/mol. The summed E-state index contributed by atoms with van der Waals surface area (Å²) in [6.07, 6.45) is 6.04. The van der Waals surface area contributed by atoms with Gasteiger partial charge in [0.05, 0.1) is 0 Å². The molecule has 0 bridgehead atoms. The summed E-state index contributed by atoms with van der Waals surface area (Å²) < 4.78 is 0. The van der Waals surface area contributed by atoms with Crippen molar-refractivity contribution in [3.63, 3.8) is 0 Å². The third kappa shape index (κ3) is 4.05. The van der Waals surface area contributed by atoms with Gasteiger partial charge >= 0.3 is 0 Å². The maximum Gasteiger partial charge on any atom is 0.0353 e. The first kappa shape index (κ1) is 27.0. The standard InChI is InChI=1S/C48H30/c1-2-4-17-43-41(16-3-1)46(42-18-9-10-19-44(42)47(43)35-27-22-31-12-5-6-13-34(31)30-35)33-25-23-32(24-26-33)36-28-29-45-38-15-8-7-14-37(38)40-21-11-20-39(36)48(40)45/h4-15,17-30H,2,16H2/b17-4-. The Labute approximate surface area is 280 Å². The van der Waals surface area contributed by atoms with Gasteiger partial charge in [-0.05, 0) is 105 Å². The number of benzene rings is 8. The molecule has 0 heteroatoms. The predicted molar refractivity (Wildman–Crippen MR) is 205 cm³/mol. The van der Waals surface area contributed by atoms with Gasteiger partial charge in [0.2, 0.25) is 0 Å². The Kier molecular flexibility index (Phi) is 6.02. The lowest BCUT2D eigenvalue weighted by molar-refractivity contribution is 1.29. The number of hydrogen-bond donors (Lipinski definition) is 0. The van der Waals surface area contributed by atoms with Crippen molar-refractivity contribution in [2.24, 2.45) is 0 Å². The molecule has 0 unspecified atom stereocenters. The second-order valence-electron chi connectivity index (χ2n) is 12.9. The lowest BCUT2D eigenvalue weighted by atomic mass is 9.81. The first-order chi connectivity index (χ1) is 23.8. The van der Waals surface area contributed by atoms with Crippen LogP contribution in [0.25, 0.3) is 94.0 Å². The minimum atomic E-state index is 0.720. The van der Waals surface area contributed by atoms with Crippen LogP contribution in [-0.4, -0.2) is 0 Å². The molecule has 2 aliphatic rings. The molecule has 2 aliphatic carbocycles. The molecular weight excluding hydrogens is 577 g/mol. The molecule has 222 valence electrons. The molecule has 0 nitrogen and oxygen atoms in total. The van der Waals surface area contributed by atoms with Gasteiger partial charge in [-0.3, -0.25) is 0 Å². The van der Waals surface area contributed by atoms with Crippen molar-refractivity contribution in [2.75, 3.05) is 0 Å². The van der Waals surface area contributed by atoms with Crippen molar-refractivity contribution in [3.05, 3.63) is 163 Å². The molecule has 0 fully saturated rings. The zero-order valence-corrected chi connectivity index (χ0v) is 26.4. The molecule has 0 saturated heterocycles. The van der Waals surface area contributed by atoms with Crippen molar-refractivity contribution < 1.29 is 0 Å². The summed E-state index contributed by atoms with van der Waals surface area (Å²) in [6.45, 7) is 0. The van der Waals surface area contributed by atoms with Gasteiger partial charge in [0.25, 0.3) is 0 Å². The van der Waals surface area contributed by atoms with Gasteiger partial charge < -0.3 is 0 Å². The van der Waals surface area contributed by atoms with Crippen LogP contribution in [0.4, 0.5) is 0 Å². The van der Waals surface area contributed by atoms with Crippen molar-refractivity contribution in [3.8, 4) is 67.5 Å². The topological polar surface area (TPSA) is 0 Å². The molecule has 0 saturated carbocycles. The van der Waals surface area contributed by atoms with Gasteiger partial charge in [-0.2, -0.15) is 0 Å². The molecule has 0 aromatic heterocycles. The van der Waals surface area contributed by atoms with E-state index in [0.717, 1.165) is 12.8 Å². The molecule has 0 aliphatic heterocycles. The number of hydrogen-bond acceptors (Lipinski definition) is 0. The van der Waals surface area contributed by atoms with E-state index in [-0.39, 0.29) is 0 Å². The van der Waals surface area contributed by atoms with E-state index in [0.29, 0.717) is 0 Å². The SMILES string of the molecule is C1#CCc2c(c(-c3ccc4ccccc4c3)c3ccccc3c2-c2ccc(-c3ccc4c5c(cccc35)-c3ccccc3-4)cc2)/C=C\C1. The average molecular weight is 607 g/mol. The van der Waals surface area contributed by atoms with E-state index in [9.17, 15) is 0 Å². The van der Waals surface area contributed by atoms with Gasteiger partial charge in [0.1, 0.15) is 0 Å². The van der Waals surface area contributed by atoms with E-state index in [4.69, 9.17) is 0 Å². The Morgan fingerprint density at radius 2 is 1.04 bits per heavy atom. The summed E-state index contributed by atoms with van der Waals surface area (Å²) in [5.41, 5.74) is 15.5. The van der Waals surface area contributed by atoms with Crippen LogP contribution in [0.3, 0.4) is 0 Å². The van der Waals surface area contributed by atoms with Crippen LogP contribution in [0.5, 0.6) is 0 Å². The Morgan fingerprint density at radius 3 is 1.88 bits per heavy atom. The number of rotatable bonds is 3. The highest BCUT2D eigenvalue weighted by molar-refractivity contribution is 6.19. The Morgan fingerprint density at radius 1 is 0.417 bits per heavy atom. The minimum absolute atomic E-state index is 0.720. The number of allylic oxidation sites excluding steroid dienone is 1. The van der Waals surface area contributed by atoms with Crippen molar-refractivity contribution in [1.29, 1.82) is 0 Å². The average Bonchev–Trinajstić information content (AvgIpc) is 3.46. The van der Waals surface area contributed by atoms with Crippen molar-refractivity contribution in [2.45, 2.75) is 12.8 Å². The summed E-state index contributed by atoms with van der Waals surface area (Å²) in [5.74, 6) is 6.88. The predicted octanol–water partition coefficient (Wildman–Crippen LogP) is 12.8. The van der Waals surface area contributed by atoms with Gasteiger partial charge in [-0.1, -0.05) is 164 Å². The Bertz CT molecular complexity index is 2680. The summed E-state index contributed by atoms with van der Waals surface area (Å²) in [6, 6.07) is 53.9. The molecule has 0 N–H and O–H groups in total. The lowest BCUT2D eigenvalue weighted by Gasteiger charge is -2.22. The van der Waals surface area contributed by atoms with Crippen LogP contribution in [-0.2, 0) is 6.42 Å². The summed E-state index contributed by atoms with van der Waals surface area (Å²) in [4.78, 5) is 0. The zero-order valence-electron chi connectivity index (χ0n) is 26.4. The van der Waals surface area contributed by atoms with E-state index in [2.05, 4.69) is 170 Å². The van der Waals surface area contributed by atoms with Crippen LogP contribution in [0.1, 0.15) is 17.5 Å². The van der Waals surface area contributed by atoms with Crippen LogP contribution in [0.15, 0.2) is 152 Å². The fourth-order valence-electron chi connectivity index (χ4n) is 8.20. The first-order valence-corrected chi connectivity index (χ1v) is 16.8. The maximum atomic E-state index is 3.51. The molecule has 8 aromatic carbocycles. The van der Waals surface area contributed by atoms with Crippen molar-refractivity contribution in [1.82, 2.24) is 0 Å². The molecular formula is C48H30. The maximum absolute atomic E-state index is 3.51. The van der Waals surface area contributed by atoms with Gasteiger partial charge in [0, 0.05) is 12.8 Å². The van der Waals surface area contributed by atoms with E-state index in [1.807, 2.05) is 0 Å². The molecule has 0 spiro atoms. The third-order valence-electron chi connectivity index (χ3n) is 10.3. The van der Waals surface area contributed by atoms with E-state index in [1.165, 1.54) is 99.1 Å². The van der Waals surface area contributed by atoms with Crippen LogP contribution < -0.4 is 0 Å². The normalized spacial score (nSPS) is 13.4. The molecule has 8 aromatic rings. The highest BCUT2D eigenvalue weighted by Crippen LogP contribution is 2.49. The van der Waals surface area contributed by atoms with Gasteiger partial charge in [-0.25, -0.2) is 0 Å². The minimum Gasteiger partial charge on any atom is -0.0988 e. The quantitative estimate of drug-likeness (QED) is 0.176. The Hall–Kier alpha value is -6.16. The molecule has 0 heterocycles. The Balaban J connectivity index is 1.17. The van der Waals surface area contributed by atoms with E-state index in [1.54, 1.807) is 0 Å². The molecule has 48 heavy (non-hydrogen) atoms. The second kappa shape index (κ2) is 10.7. The zero-order chi connectivity index (χ0) is 31.6. The smallest absolute Gasteiger partial charge is 0.0353 e. The molecule has 0 atom stereocenters. The van der Waals surface area contributed by atoms with E-state index < -0.39 is 0 Å². The fraction of sp³-hybridized carbons (Fsp3) is 0.0417. The molecule has 0 amide bonds. The van der Waals surface area contributed by atoms with Crippen LogP contribution >= 0.6 is 0 Å². The second-order valence-corrected chi connectivity index (χ2v) is 12.9. The largest absolute Gasteiger partial charge is 0.0988 e. The van der Waals surface area contributed by atoms with Gasteiger partial charge in [0.15, 0.2) is 0 Å². The number of fused-ring (bicyclic) bond motifs is 6. The third-order valence-corrected chi connectivity index (χ3v) is 10.3. The van der Waals surface area contributed by atoms with Crippen molar-refractivity contribution >= 4 is 38.4 Å². The summed E-state index contributed by atoms with van der Waals surface area (Å²) >= 11 is 0.